The van der Waals surface area contributed by atoms with Crippen molar-refractivity contribution in [1.82, 2.24) is 14.9 Å². The van der Waals surface area contributed by atoms with Gasteiger partial charge < -0.3 is 10.1 Å². The normalized spacial score (nSPS) is 12.3. The Morgan fingerprint density at radius 1 is 1.17 bits per heavy atom. The summed E-state index contributed by atoms with van der Waals surface area (Å²) in [7, 11) is 3.46. The molecule has 0 radical (unpaired) electrons. The molecule has 0 bridgehead atoms. The van der Waals surface area contributed by atoms with Gasteiger partial charge in [0.1, 0.15) is 11.6 Å². The van der Waals surface area contributed by atoms with E-state index in [2.05, 4.69) is 5.32 Å². The maximum absolute atomic E-state index is 13.0. The minimum Gasteiger partial charge on any atom is -0.497 e. The minimum atomic E-state index is -0.0825. The summed E-state index contributed by atoms with van der Waals surface area (Å²) < 4.78 is 6.92. The molecule has 1 unspecified atom stereocenters. The third-order valence-electron chi connectivity index (χ3n) is 3.93. The molecule has 23 heavy (non-hydrogen) atoms. The van der Waals surface area contributed by atoms with Crippen LogP contribution in [0.4, 0.5) is 0 Å². The number of nitrogens with one attached hydrogen (secondary N) is 1. The molecule has 0 aliphatic carbocycles. The molecular weight excluding hydrogens is 290 g/mol. The molecule has 5 heteroatoms. The molecule has 1 atom stereocenters. The zero-order chi connectivity index (χ0) is 16.4. The second kappa shape index (κ2) is 6.22. The van der Waals surface area contributed by atoms with Crippen molar-refractivity contribution in [3.05, 3.63) is 64.7 Å². The summed E-state index contributed by atoms with van der Waals surface area (Å²) >= 11 is 0. The Bertz CT molecular complexity index is 902. The highest BCUT2D eigenvalue weighted by Crippen LogP contribution is 2.20. The molecule has 0 amide bonds. The zero-order valence-electron chi connectivity index (χ0n) is 13.4. The third-order valence-corrected chi connectivity index (χ3v) is 3.93. The van der Waals surface area contributed by atoms with Crippen LogP contribution in [0.15, 0.2) is 53.3 Å². The minimum absolute atomic E-state index is 0.0708. The number of rotatable bonds is 4. The van der Waals surface area contributed by atoms with E-state index >= 15 is 0 Å². The molecule has 0 aliphatic rings. The van der Waals surface area contributed by atoms with Gasteiger partial charge in [-0.25, -0.2) is 4.98 Å². The fraction of sp³-hybridized carbons (Fsp3) is 0.222. The Hall–Kier alpha value is -2.66. The maximum atomic E-state index is 13.0. The molecule has 1 heterocycles. The lowest BCUT2D eigenvalue weighted by molar-refractivity contribution is 0.414. The topological polar surface area (TPSA) is 56.2 Å². The fourth-order valence-electron chi connectivity index (χ4n) is 2.57. The van der Waals surface area contributed by atoms with Gasteiger partial charge in [-0.15, -0.1) is 0 Å². The molecule has 1 N–H and O–H groups in total. The Labute approximate surface area is 134 Å². The van der Waals surface area contributed by atoms with Crippen molar-refractivity contribution in [2.45, 2.75) is 13.0 Å². The van der Waals surface area contributed by atoms with Gasteiger partial charge in [-0.05, 0) is 38.2 Å². The lowest BCUT2D eigenvalue weighted by atomic mass is 10.2. The summed E-state index contributed by atoms with van der Waals surface area (Å²) in [6.07, 6.45) is 0. The van der Waals surface area contributed by atoms with Gasteiger partial charge in [-0.1, -0.05) is 18.2 Å². The van der Waals surface area contributed by atoms with Gasteiger partial charge >= 0.3 is 0 Å². The standard InChI is InChI=1S/C18H19N3O2/c1-12(19-2)17-20-16-10-5-4-9-15(16)18(22)21(17)13-7-6-8-14(11-13)23-3/h4-12,19H,1-3H3. The lowest BCUT2D eigenvalue weighted by Gasteiger charge is -2.18. The Kier molecular flexibility index (Phi) is 4.12. The maximum Gasteiger partial charge on any atom is 0.266 e. The van der Waals surface area contributed by atoms with E-state index in [-0.39, 0.29) is 11.6 Å². The highest BCUT2D eigenvalue weighted by Gasteiger charge is 2.16. The van der Waals surface area contributed by atoms with E-state index in [0.29, 0.717) is 22.5 Å². The summed E-state index contributed by atoms with van der Waals surface area (Å²) in [5, 5.41) is 3.76. The first kappa shape index (κ1) is 15.2. The largest absolute Gasteiger partial charge is 0.497 e. The molecule has 3 aromatic rings. The van der Waals surface area contributed by atoms with Crippen LogP contribution in [0.25, 0.3) is 16.6 Å². The van der Waals surface area contributed by atoms with Gasteiger partial charge in [0.2, 0.25) is 0 Å². The number of methoxy groups -OCH3 is 1. The number of nitrogens with zero attached hydrogens (tertiary/aromatic N) is 2. The van der Waals surface area contributed by atoms with Crippen LogP contribution in [0.3, 0.4) is 0 Å². The third kappa shape index (κ3) is 2.71. The molecule has 1 aromatic heterocycles. The second-order valence-electron chi connectivity index (χ2n) is 5.34. The number of para-hydroxylation sites is 1. The summed E-state index contributed by atoms with van der Waals surface area (Å²) in [5.74, 6) is 1.37. The van der Waals surface area contributed by atoms with E-state index in [1.54, 1.807) is 17.7 Å². The van der Waals surface area contributed by atoms with Crippen LogP contribution in [0.5, 0.6) is 5.75 Å². The number of hydrogen-bond donors (Lipinski definition) is 1. The van der Waals surface area contributed by atoms with Crippen molar-refractivity contribution in [2.75, 3.05) is 14.2 Å². The van der Waals surface area contributed by atoms with Crippen LogP contribution >= 0.6 is 0 Å². The Balaban J connectivity index is 2.36. The second-order valence-corrected chi connectivity index (χ2v) is 5.34. The summed E-state index contributed by atoms with van der Waals surface area (Å²) in [5.41, 5.74) is 1.36. The molecule has 0 saturated heterocycles. The SMILES string of the molecule is CNC(C)c1nc2ccccc2c(=O)n1-c1cccc(OC)c1. The van der Waals surface area contributed by atoms with Crippen molar-refractivity contribution in [3.8, 4) is 11.4 Å². The van der Waals surface area contributed by atoms with Crippen LogP contribution in [-0.4, -0.2) is 23.7 Å². The summed E-state index contributed by atoms with van der Waals surface area (Å²) in [4.78, 5) is 17.7. The fourth-order valence-corrected chi connectivity index (χ4v) is 2.57. The predicted octanol–water partition coefficient (Wildman–Crippen LogP) is 2.67. The number of hydrogen-bond acceptors (Lipinski definition) is 4. The van der Waals surface area contributed by atoms with Crippen molar-refractivity contribution in [3.63, 3.8) is 0 Å². The monoisotopic (exact) mass is 309 g/mol. The molecule has 0 saturated carbocycles. The number of aromatic nitrogens is 2. The van der Waals surface area contributed by atoms with Gasteiger partial charge in [0, 0.05) is 6.07 Å². The molecule has 2 aromatic carbocycles. The smallest absolute Gasteiger partial charge is 0.266 e. The van der Waals surface area contributed by atoms with Gasteiger partial charge in [-0.3, -0.25) is 9.36 Å². The average molecular weight is 309 g/mol. The predicted molar refractivity (Wildman–Crippen MR) is 91.4 cm³/mol. The average Bonchev–Trinajstić information content (AvgIpc) is 2.61. The zero-order valence-corrected chi connectivity index (χ0v) is 13.4. The molecular formula is C18H19N3O2. The summed E-state index contributed by atoms with van der Waals surface area (Å²) in [6.45, 7) is 1.98. The highest BCUT2D eigenvalue weighted by atomic mass is 16.5. The van der Waals surface area contributed by atoms with Crippen LogP contribution in [0.1, 0.15) is 18.8 Å². The van der Waals surface area contributed by atoms with Crippen LogP contribution in [-0.2, 0) is 0 Å². The first-order chi connectivity index (χ1) is 11.2. The van der Waals surface area contributed by atoms with Crippen molar-refractivity contribution in [1.29, 1.82) is 0 Å². The van der Waals surface area contributed by atoms with Crippen LogP contribution in [0, 0.1) is 0 Å². The number of fused-ring (bicyclic) bond motifs is 1. The quantitative estimate of drug-likeness (QED) is 0.805. The van der Waals surface area contributed by atoms with E-state index in [0.717, 1.165) is 5.69 Å². The first-order valence-corrected chi connectivity index (χ1v) is 7.49. The molecule has 118 valence electrons. The molecule has 3 rings (SSSR count). The van der Waals surface area contributed by atoms with Crippen molar-refractivity contribution in [2.24, 2.45) is 0 Å². The van der Waals surface area contributed by atoms with E-state index in [9.17, 15) is 4.79 Å². The molecule has 0 fully saturated rings. The Morgan fingerprint density at radius 2 is 1.96 bits per heavy atom. The van der Waals surface area contributed by atoms with Crippen molar-refractivity contribution < 1.29 is 4.74 Å². The van der Waals surface area contributed by atoms with Gasteiger partial charge in [0.25, 0.3) is 5.56 Å². The Morgan fingerprint density at radius 3 is 2.70 bits per heavy atom. The first-order valence-electron chi connectivity index (χ1n) is 7.49. The van der Waals surface area contributed by atoms with Gasteiger partial charge in [0.15, 0.2) is 0 Å². The van der Waals surface area contributed by atoms with E-state index in [4.69, 9.17) is 9.72 Å². The lowest BCUT2D eigenvalue weighted by Crippen LogP contribution is -2.28. The van der Waals surface area contributed by atoms with E-state index < -0.39 is 0 Å². The van der Waals surface area contributed by atoms with Gasteiger partial charge in [0.05, 0.1) is 29.7 Å². The number of ether oxygens (including phenoxy) is 1. The molecule has 0 aliphatic heterocycles. The van der Waals surface area contributed by atoms with Crippen LogP contribution in [0.2, 0.25) is 0 Å². The highest BCUT2D eigenvalue weighted by molar-refractivity contribution is 5.77. The molecule has 5 nitrogen and oxygen atoms in total. The van der Waals surface area contributed by atoms with Gasteiger partial charge in [-0.2, -0.15) is 0 Å². The van der Waals surface area contributed by atoms with Crippen LogP contribution < -0.4 is 15.6 Å². The van der Waals surface area contributed by atoms with E-state index in [1.807, 2.05) is 56.4 Å². The summed E-state index contributed by atoms with van der Waals surface area (Å²) in [6, 6.07) is 14.8. The van der Waals surface area contributed by atoms with Crippen molar-refractivity contribution >= 4 is 10.9 Å². The number of benzene rings is 2. The molecule has 0 spiro atoms. The van der Waals surface area contributed by atoms with E-state index in [1.165, 1.54) is 0 Å².